The van der Waals surface area contributed by atoms with Crippen molar-refractivity contribution in [2.75, 3.05) is 6.61 Å². The van der Waals surface area contributed by atoms with Crippen LogP contribution in [0.15, 0.2) is 0 Å². The van der Waals surface area contributed by atoms with Gasteiger partial charge in [0.05, 0.1) is 18.8 Å². The summed E-state index contributed by atoms with van der Waals surface area (Å²) >= 11 is 0. The predicted molar refractivity (Wildman–Crippen MR) is 51.8 cm³/mol. The quantitative estimate of drug-likeness (QED) is 0.310. The van der Waals surface area contributed by atoms with Crippen LogP contribution in [0.2, 0.25) is 0 Å². The maximum atomic E-state index is 10.7. The van der Waals surface area contributed by atoms with Crippen LogP contribution in [0.25, 0.3) is 0 Å². The van der Waals surface area contributed by atoms with E-state index in [1.54, 1.807) is 0 Å². The first-order chi connectivity index (χ1) is 7.80. The number of hydrogen-bond acceptors (Lipinski definition) is 7. The first-order valence-corrected chi connectivity index (χ1v) is 5.09. The van der Waals surface area contributed by atoms with Crippen LogP contribution in [-0.4, -0.2) is 73.4 Å². The maximum Gasteiger partial charge on any atom is 0.364 e. The highest BCUT2D eigenvalue weighted by Gasteiger charge is 2.48. The van der Waals surface area contributed by atoms with Crippen molar-refractivity contribution in [3.05, 3.63) is 0 Å². The number of carbonyl (C=O) groups is 1. The summed E-state index contributed by atoms with van der Waals surface area (Å²) in [7, 11) is 0. The minimum absolute atomic E-state index is 0.145. The number of aliphatic hydroxyl groups excluding tert-OH is 4. The molecule has 1 rings (SSSR count). The highest BCUT2D eigenvalue weighted by molar-refractivity contribution is 5.75. The van der Waals surface area contributed by atoms with Gasteiger partial charge in [-0.15, -0.1) is 0 Å². The molecule has 8 heteroatoms. The summed E-state index contributed by atoms with van der Waals surface area (Å²) in [5, 5.41) is 55.0. The molecule has 0 spiro atoms. The molecule has 0 amide bonds. The zero-order valence-electron chi connectivity index (χ0n) is 8.93. The van der Waals surface area contributed by atoms with Crippen molar-refractivity contribution in [1.29, 1.82) is 0 Å². The van der Waals surface area contributed by atoms with Crippen molar-refractivity contribution in [3.8, 4) is 0 Å². The molecule has 0 aromatic heterocycles. The molecule has 0 radical (unpaired) electrons. The van der Waals surface area contributed by atoms with Crippen molar-refractivity contribution < 1.29 is 40.2 Å². The summed E-state index contributed by atoms with van der Waals surface area (Å²) in [4.78, 5) is 10.7. The second-order valence-corrected chi connectivity index (χ2v) is 4.08. The molecule has 1 aliphatic heterocycles. The summed E-state index contributed by atoms with van der Waals surface area (Å²) in [5.74, 6) is -4.29. The third-order valence-corrected chi connectivity index (χ3v) is 2.66. The number of hydrogen-bond donors (Lipinski definition) is 6. The molecule has 1 saturated heterocycles. The third kappa shape index (κ3) is 3.12. The molecule has 5 atom stereocenters. The minimum Gasteiger partial charge on any atom is -0.477 e. The predicted octanol–water partition coefficient (Wildman–Crippen LogP) is -2.99. The van der Waals surface area contributed by atoms with Crippen molar-refractivity contribution in [2.45, 2.75) is 43.0 Å². The molecule has 1 unspecified atom stereocenters. The highest BCUT2D eigenvalue weighted by Crippen LogP contribution is 2.29. The van der Waals surface area contributed by atoms with Crippen molar-refractivity contribution in [1.82, 2.24) is 0 Å². The molecular formula is C9H16O8. The number of carboxylic acid groups (broad SMARTS) is 1. The molecule has 0 aliphatic carbocycles. The van der Waals surface area contributed by atoms with Gasteiger partial charge >= 0.3 is 5.97 Å². The van der Waals surface area contributed by atoms with Gasteiger partial charge < -0.3 is 35.4 Å². The van der Waals surface area contributed by atoms with Gasteiger partial charge in [0, 0.05) is 12.8 Å². The van der Waals surface area contributed by atoms with Crippen LogP contribution in [0.1, 0.15) is 12.8 Å². The molecule has 1 fully saturated rings. The van der Waals surface area contributed by atoms with Gasteiger partial charge in [0.15, 0.2) is 0 Å². The lowest BCUT2D eigenvalue weighted by atomic mass is 9.93. The molecule has 100 valence electrons. The Bertz CT molecular complexity index is 282. The maximum absolute atomic E-state index is 10.7. The molecule has 0 aromatic carbocycles. The molecule has 0 bridgehead atoms. The van der Waals surface area contributed by atoms with Crippen LogP contribution >= 0.6 is 0 Å². The molecule has 0 aromatic rings. The van der Waals surface area contributed by atoms with Crippen molar-refractivity contribution in [2.24, 2.45) is 0 Å². The Morgan fingerprint density at radius 3 is 2.53 bits per heavy atom. The number of aliphatic hydroxyl groups is 5. The zero-order chi connectivity index (χ0) is 13.2. The third-order valence-electron chi connectivity index (χ3n) is 2.66. The number of ether oxygens (including phenoxy) is 1. The second-order valence-electron chi connectivity index (χ2n) is 4.08. The van der Waals surface area contributed by atoms with E-state index in [-0.39, 0.29) is 6.42 Å². The van der Waals surface area contributed by atoms with E-state index < -0.39 is 49.2 Å². The number of aliphatic carboxylic acids is 1. The molecule has 8 nitrogen and oxygen atoms in total. The van der Waals surface area contributed by atoms with Gasteiger partial charge in [0.25, 0.3) is 5.79 Å². The van der Waals surface area contributed by atoms with Gasteiger partial charge in [0.1, 0.15) is 12.2 Å². The summed E-state index contributed by atoms with van der Waals surface area (Å²) in [6, 6.07) is 0. The topological polar surface area (TPSA) is 148 Å². The van der Waals surface area contributed by atoms with E-state index in [1.165, 1.54) is 0 Å². The Morgan fingerprint density at radius 1 is 1.47 bits per heavy atom. The van der Waals surface area contributed by atoms with Gasteiger partial charge in [-0.3, -0.25) is 0 Å². The van der Waals surface area contributed by atoms with Crippen molar-refractivity contribution >= 4 is 5.97 Å². The van der Waals surface area contributed by atoms with Crippen LogP contribution in [0.4, 0.5) is 0 Å². The highest BCUT2D eigenvalue weighted by atomic mass is 16.7. The Kier molecular flexibility index (Phi) is 4.42. The second kappa shape index (κ2) is 5.25. The van der Waals surface area contributed by atoms with E-state index in [4.69, 9.17) is 14.9 Å². The molecule has 1 heterocycles. The zero-order valence-corrected chi connectivity index (χ0v) is 8.93. The first-order valence-electron chi connectivity index (χ1n) is 5.09. The van der Waals surface area contributed by atoms with Gasteiger partial charge in [-0.25, -0.2) is 4.79 Å². The minimum atomic E-state index is -2.60. The Morgan fingerprint density at radius 2 is 2.06 bits per heavy atom. The van der Waals surface area contributed by atoms with Crippen LogP contribution in [0.3, 0.4) is 0 Å². The lowest BCUT2D eigenvalue weighted by Gasteiger charge is -2.39. The average Bonchev–Trinajstić information content (AvgIpc) is 2.25. The van der Waals surface area contributed by atoms with Gasteiger partial charge in [-0.05, 0) is 0 Å². The van der Waals surface area contributed by atoms with E-state index in [1.807, 2.05) is 0 Å². The van der Waals surface area contributed by atoms with Gasteiger partial charge in [-0.1, -0.05) is 0 Å². The number of rotatable bonds is 4. The van der Waals surface area contributed by atoms with Gasteiger partial charge in [0.2, 0.25) is 0 Å². The number of carboxylic acids is 1. The van der Waals surface area contributed by atoms with Crippen LogP contribution in [-0.2, 0) is 9.53 Å². The summed E-state index contributed by atoms with van der Waals surface area (Å²) in [6.07, 6.45) is -6.27. The van der Waals surface area contributed by atoms with E-state index in [0.29, 0.717) is 0 Å². The van der Waals surface area contributed by atoms with Crippen LogP contribution < -0.4 is 0 Å². The van der Waals surface area contributed by atoms with Crippen LogP contribution in [0, 0.1) is 0 Å². The molecule has 6 N–H and O–H groups in total. The molecule has 17 heavy (non-hydrogen) atoms. The Hall–Kier alpha value is -0.770. The summed E-state index contributed by atoms with van der Waals surface area (Å²) in [5.41, 5.74) is 0. The first kappa shape index (κ1) is 14.3. The monoisotopic (exact) mass is 252 g/mol. The smallest absolute Gasteiger partial charge is 0.364 e. The Labute approximate surface area is 96.7 Å². The Balaban J connectivity index is 2.78. The van der Waals surface area contributed by atoms with Crippen LogP contribution in [0.5, 0.6) is 0 Å². The van der Waals surface area contributed by atoms with E-state index in [0.717, 1.165) is 0 Å². The summed E-state index contributed by atoms with van der Waals surface area (Å²) in [6.45, 7) is -0.747. The average molecular weight is 252 g/mol. The molecule has 1 aliphatic rings. The van der Waals surface area contributed by atoms with Crippen molar-refractivity contribution in [3.63, 3.8) is 0 Å². The fourth-order valence-electron chi connectivity index (χ4n) is 1.72. The standard InChI is InChI=1S/C9H16O8/c10-3-5(12)7(13)6-1-4(11)2-9(16,17-6)8(14)15/h4-7,10-13,16H,1-3H2,(H,14,15)/t4-,5-,6?,7+,9-/m1/s1. The van der Waals surface area contributed by atoms with E-state index in [9.17, 15) is 25.2 Å². The normalized spacial score (nSPS) is 37.5. The van der Waals surface area contributed by atoms with E-state index in [2.05, 4.69) is 0 Å². The summed E-state index contributed by atoms with van der Waals surface area (Å²) < 4.78 is 4.77. The lowest BCUT2D eigenvalue weighted by molar-refractivity contribution is -0.288. The van der Waals surface area contributed by atoms with Gasteiger partial charge in [-0.2, -0.15) is 0 Å². The molecular weight excluding hydrogens is 236 g/mol. The lowest BCUT2D eigenvalue weighted by Crippen LogP contribution is -2.56. The fourth-order valence-corrected chi connectivity index (χ4v) is 1.72. The fraction of sp³-hybridized carbons (Fsp3) is 0.889. The molecule has 0 saturated carbocycles. The largest absolute Gasteiger partial charge is 0.477 e. The van der Waals surface area contributed by atoms with E-state index >= 15 is 0 Å². The SMILES string of the molecule is O=C(O)[C@@]1(O)C[C@H](O)CC([C@@H](O)[C@H](O)CO)O1.